The molecule has 1 fully saturated rings. The second-order valence-corrected chi connectivity index (χ2v) is 5.00. The molecule has 0 bridgehead atoms. The molecule has 1 aromatic rings. The van der Waals surface area contributed by atoms with Crippen molar-refractivity contribution in [2.45, 2.75) is 38.6 Å². The highest BCUT2D eigenvalue weighted by molar-refractivity contribution is 5.27. The van der Waals surface area contributed by atoms with E-state index in [-0.39, 0.29) is 0 Å². The maximum absolute atomic E-state index is 5.73. The van der Waals surface area contributed by atoms with Crippen LogP contribution in [0.25, 0.3) is 0 Å². The van der Waals surface area contributed by atoms with Crippen LogP contribution in [0.1, 0.15) is 31.2 Å². The number of hydrazine groups is 1. The van der Waals surface area contributed by atoms with Crippen molar-refractivity contribution in [1.82, 2.24) is 5.43 Å². The maximum atomic E-state index is 5.73. The quantitative estimate of drug-likeness (QED) is 0.562. The molecule has 1 aliphatic rings. The largest absolute Gasteiger partial charge is 0.494 e. The summed E-state index contributed by atoms with van der Waals surface area (Å²) < 4.78 is 5.73. The highest BCUT2D eigenvalue weighted by Crippen LogP contribution is 2.33. The maximum Gasteiger partial charge on any atom is 0.119 e. The van der Waals surface area contributed by atoms with E-state index in [4.69, 9.17) is 10.6 Å². The number of aryl methyl sites for hydroxylation is 1. The van der Waals surface area contributed by atoms with Crippen LogP contribution in [-0.4, -0.2) is 12.6 Å². The molecule has 0 spiro atoms. The Kier molecular flexibility index (Phi) is 4.40. The van der Waals surface area contributed by atoms with Gasteiger partial charge in [-0.05, 0) is 43.4 Å². The first-order chi connectivity index (χ1) is 8.28. The molecule has 0 aromatic heterocycles. The monoisotopic (exact) mass is 234 g/mol. The summed E-state index contributed by atoms with van der Waals surface area (Å²) in [4.78, 5) is 0. The summed E-state index contributed by atoms with van der Waals surface area (Å²) in [5.41, 5.74) is 4.12. The van der Waals surface area contributed by atoms with Gasteiger partial charge in [0.05, 0.1) is 6.61 Å². The van der Waals surface area contributed by atoms with Gasteiger partial charge in [-0.3, -0.25) is 11.3 Å². The summed E-state index contributed by atoms with van der Waals surface area (Å²) in [5.74, 6) is 7.40. The minimum Gasteiger partial charge on any atom is -0.494 e. The van der Waals surface area contributed by atoms with E-state index < -0.39 is 0 Å². The van der Waals surface area contributed by atoms with Crippen LogP contribution in [0.5, 0.6) is 5.75 Å². The van der Waals surface area contributed by atoms with Gasteiger partial charge in [0, 0.05) is 6.04 Å². The lowest BCUT2D eigenvalue weighted by Crippen LogP contribution is -2.36. The van der Waals surface area contributed by atoms with Crippen molar-refractivity contribution < 1.29 is 4.74 Å². The van der Waals surface area contributed by atoms with Crippen LogP contribution in [0, 0.1) is 12.8 Å². The Morgan fingerprint density at radius 3 is 2.94 bits per heavy atom. The van der Waals surface area contributed by atoms with E-state index in [0.29, 0.717) is 6.04 Å². The SMILES string of the molecule is Cc1cccc(OCCC(CC2CC2)NN)c1. The number of nitrogens with two attached hydrogens (primary N) is 1. The average molecular weight is 234 g/mol. The van der Waals surface area contributed by atoms with Gasteiger partial charge < -0.3 is 4.74 Å². The highest BCUT2D eigenvalue weighted by atomic mass is 16.5. The van der Waals surface area contributed by atoms with Gasteiger partial charge in [0.1, 0.15) is 5.75 Å². The molecule has 0 saturated heterocycles. The van der Waals surface area contributed by atoms with E-state index >= 15 is 0 Å². The third-order valence-electron chi connectivity index (χ3n) is 3.28. The number of benzene rings is 1. The molecule has 1 aliphatic carbocycles. The topological polar surface area (TPSA) is 47.3 Å². The van der Waals surface area contributed by atoms with Crippen LogP contribution in [0.3, 0.4) is 0 Å². The van der Waals surface area contributed by atoms with Crippen LogP contribution >= 0.6 is 0 Å². The van der Waals surface area contributed by atoms with Gasteiger partial charge in [0.15, 0.2) is 0 Å². The fourth-order valence-corrected chi connectivity index (χ4v) is 2.05. The summed E-state index contributed by atoms with van der Waals surface area (Å²) >= 11 is 0. The molecule has 0 heterocycles. The van der Waals surface area contributed by atoms with Gasteiger partial charge in [-0.15, -0.1) is 0 Å². The Bertz CT molecular complexity index is 350. The Morgan fingerprint density at radius 2 is 2.29 bits per heavy atom. The lowest BCUT2D eigenvalue weighted by molar-refractivity contribution is 0.278. The number of hydrogen-bond donors (Lipinski definition) is 2. The Labute approximate surface area is 103 Å². The molecular formula is C14H22N2O. The Balaban J connectivity index is 1.70. The lowest BCUT2D eigenvalue weighted by Gasteiger charge is -2.15. The third kappa shape index (κ3) is 4.36. The number of nitrogens with one attached hydrogen (secondary N) is 1. The number of ether oxygens (including phenoxy) is 1. The van der Waals surface area contributed by atoms with E-state index in [0.717, 1.165) is 24.7 Å². The standard InChI is InChI=1S/C14H22N2O/c1-11-3-2-4-14(9-11)17-8-7-13(16-15)10-12-5-6-12/h2-4,9,12-13,16H,5-8,10,15H2,1H3. The zero-order valence-corrected chi connectivity index (χ0v) is 10.5. The van der Waals surface area contributed by atoms with Crippen molar-refractivity contribution in [2.24, 2.45) is 11.8 Å². The molecule has 3 heteroatoms. The molecule has 0 aliphatic heterocycles. The molecule has 1 saturated carbocycles. The van der Waals surface area contributed by atoms with E-state index in [1.54, 1.807) is 0 Å². The van der Waals surface area contributed by atoms with Crippen LogP contribution in [0.4, 0.5) is 0 Å². The highest BCUT2D eigenvalue weighted by Gasteiger charge is 2.24. The molecule has 2 rings (SSSR count). The number of rotatable bonds is 7. The van der Waals surface area contributed by atoms with Crippen LogP contribution < -0.4 is 16.0 Å². The summed E-state index contributed by atoms with van der Waals surface area (Å²) in [6, 6.07) is 8.55. The van der Waals surface area contributed by atoms with Crippen molar-refractivity contribution in [2.75, 3.05) is 6.61 Å². The first-order valence-electron chi connectivity index (χ1n) is 6.43. The summed E-state index contributed by atoms with van der Waals surface area (Å²) in [6.07, 6.45) is 4.91. The van der Waals surface area contributed by atoms with Crippen molar-refractivity contribution in [1.29, 1.82) is 0 Å². The second kappa shape index (κ2) is 6.03. The van der Waals surface area contributed by atoms with Crippen LogP contribution in [-0.2, 0) is 0 Å². The number of hydrogen-bond acceptors (Lipinski definition) is 3. The average Bonchev–Trinajstić information content (AvgIpc) is 3.12. The molecule has 94 valence electrons. The fourth-order valence-electron chi connectivity index (χ4n) is 2.05. The molecule has 1 unspecified atom stereocenters. The van der Waals surface area contributed by atoms with E-state index in [2.05, 4.69) is 24.5 Å². The van der Waals surface area contributed by atoms with E-state index in [1.807, 2.05) is 12.1 Å². The molecule has 3 N–H and O–H groups in total. The normalized spacial score (nSPS) is 16.8. The van der Waals surface area contributed by atoms with E-state index in [1.165, 1.54) is 24.8 Å². The summed E-state index contributed by atoms with van der Waals surface area (Å²) in [7, 11) is 0. The molecule has 3 nitrogen and oxygen atoms in total. The minimum absolute atomic E-state index is 0.396. The molecular weight excluding hydrogens is 212 g/mol. The third-order valence-corrected chi connectivity index (χ3v) is 3.28. The van der Waals surface area contributed by atoms with E-state index in [9.17, 15) is 0 Å². The zero-order valence-electron chi connectivity index (χ0n) is 10.5. The summed E-state index contributed by atoms with van der Waals surface area (Å²) in [5, 5.41) is 0. The molecule has 17 heavy (non-hydrogen) atoms. The minimum atomic E-state index is 0.396. The van der Waals surface area contributed by atoms with Crippen molar-refractivity contribution >= 4 is 0 Å². The van der Waals surface area contributed by atoms with Gasteiger partial charge in [0.25, 0.3) is 0 Å². The van der Waals surface area contributed by atoms with Gasteiger partial charge in [-0.25, -0.2) is 0 Å². The van der Waals surface area contributed by atoms with Crippen LogP contribution in [0.15, 0.2) is 24.3 Å². The predicted octanol–water partition coefficient (Wildman–Crippen LogP) is 2.40. The fraction of sp³-hybridized carbons (Fsp3) is 0.571. The van der Waals surface area contributed by atoms with Crippen LogP contribution in [0.2, 0.25) is 0 Å². The molecule has 0 radical (unpaired) electrons. The van der Waals surface area contributed by atoms with Crippen molar-refractivity contribution in [3.8, 4) is 5.75 Å². The lowest BCUT2D eigenvalue weighted by atomic mass is 10.1. The first-order valence-corrected chi connectivity index (χ1v) is 6.43. The molecule has 1 atom stereocenters. The predicted molar refractivity (Wildman–Crippen MR) is 69.7 cm³/mol. The van der Waals surface area contributed by atoms with Gasteiger partial charge in [0.2, 0.25) is 0 Å². The van der Waals surface area contributed by atoms with Crippen molar-refractivity contribution in [3.63, 3.8) is 0 Å². The van der Waals surface area contributed by atoms with Gasteiger partial charge in [-0.1, -0.05) is 25.0 Å². The smallest absolute Gasteiger partial charge is 0.119 e. The first kappa shape index (κ1) is 12.4. The Morgan fingerprint density at radius 1 is 1.47 bits per heavy atom. The molecule has 0 amide bonds. The second-order valence-electron chi connectivity index (χ2n) is 5.00. The Hall–Kier alpha value is -1.06. The van der Waals surface area contributed by atoms with Gasteiger partial charge in [-0.2, -0.15) is 0 Å². The zero-order chi connectivity index (χ0) is 12.1. The summed E-state index contributed by atoms with van der Waals surface area (Å²) in [6.45, 7) is 2.80. The van der Waals surface area contributed by atoms with Crippen molar-refractivity contribution in [3.05, 3.63) is 29.8 Å². The molecule has 1 aromatic carbocycles. The van der Waals surface area contributed by atoms with Gasteiger partial charge >= 0.3 is 0 Å².